The maximum absolute atomic E-state index is 14.1. The number of nitrogens with one attached hydrogen (secondary N) is 1. The number of rotatable bonds is 2. The zero-order chi connectivity index (χ0) is 21.0. The molecular weight excluding hydrogens is 402 g/mol. The van der Waals surface area contributed by atoms with Crippen molar-refractivity contribution in [2.75, 3.05) is 4.90 Å². The molecule has 0 saturated carbocycles. The number of hydrogen-bond acceptors (Lipinski definition) is 5. The number of ether oxygens (including phenoxy) is 1. The van der Waals surface area contributed by atoms with Crippen LogP contribution in [0.2, 0.25) is 5.02 Å². The molecule has 148 valence electrons. The third kappa shape index (κ3) is 2.19. The molecule has 0 saturated heterocycles. The molecule has 0 unspecified atom stereocenters. The Labute approximate surface area is 177 Å². The number of carbonyl (C=O) groups is 1. The highest BCUT2D eigenvalue weighted by molar-refractivity contribution is 6.31. The molecule has 1 atom stereocenters. The number of para-hydroxylation sites is 1. The monoisotopic (exact) mass is 417 g/mol. The molecule has 2 aromatic carbocycles. The van der Waals surface area contributed by atoms with Crippen molar-refractivity contribution in [3.8, 4) is 11.9 Å². The van der Waals surface area contributed by atoms with E-state index in [4.69, 9.17) is 22.1 Å². The van der Waals surface area contributed by atoms with Gasteiger partial charge in [0.1, 0.15) is 17.1 Å². The number of carbonyl (C=O) groups excluding carboxylic acids is 1. The first-order chi connectivity index (χ1) is 14.5. The Morgan fingerprint density at radius 1 is 1.27 bits per heavy atom. The van der Waals surface area contributed by atoms with Crippen molar-refractivity contribution in [3.05, 3.63) is 87.4 Å². The van der Waals surface area contributed by atoms with Gasteiger partial charge in [-0.1, -0.05) is 48.0 Å². The molecule has 1 amide bonds. The normalized spacial score (nSPS) is 19.5. The second kappa shape index (κ2) is 6.37. The van der Waals surface area contributed by atoms with Gasteiger partial charge in [0.2, 0.25) is 17.7 Å². The molecule has 0 aliphatic carbocycles. The van der Waals surface area contributed by atoms with Crippen molar-refractivity contribution >= 4 is 23.2 Å². The lowest BCUT2D eigenvalue weighted by Gasteiger charge is -2.32. The van der Waals surface area contributed by atoms with Crippen LogP contribution in [0, 0.1) is 18.3 Å². The Bertz CT molecular complexity index is 1290. The Morgan fingerprint density at radius 3 is 2.77 bits per heavy atom. The average Bonchev–Trinajstić information content (AvgIpc) is 3.22. The highest BCUT2D eigenvalue weighted by Crippen LogP contribution is 2.55. The minimum atomic E-state index is -1.43. The van der Waals surface area contributed by atoms with Gasteiger partial charge in [0.05, 0.1) is 12.1 Å². The molecule has 1 spiro atoms. The highest BCUT2D eigenvalue weighted by Gasteiger charge is 2.60. The number of aromatic nitrogens is 2. The van der Waals surface area contributed by atoms with E-state index in [1.807, 2.05) is 42.5 Å². The van der Waals surface area contributed by atoms with Gasteiger partial charge in [0.25, 0.3) is 0 Å². The lowest BCUT2D eigenvalue weighted by Crippen LogP contribution is -2.45. The predicted molar refractivity (Wildman–Crippen MR) is 111 cm³/mol. The summed E-state index contributed by atoms with van der Waals surface area (Å²) in [4.78, 5) is 15.8. The lowest BCUT2D eigenvalue weighted by atomic mass is 9.69. The van der Waals surface area contributed by atoms with Crippen molar-refractivity contribution in [2.45, 2.75) is 18.9 Å². The quantitative estimate of drug-likeness (QED) is 0.665. The van der Waals surface area contributed by atoms with Crippen molar-refractivity contribution in [3.63, 3.8) is 0 Å². The summed E-state index contributed by atoms with van der Waals surface area (Å²) in [6.45, 7) is 2.04. The molecule has 1 aromatic heterocycles. The summed E-state index contributed by atoms with van der Waals surface area (Å²) in [7, 11) is 0. The van der Waals surface area contributed by atoms with E-state index < -0.39 is 5.41 Å². The zero-order valence-electron chi connectivity index (χ0n) is 15.9. The number of nitrogens with two attached hydrogens (primary N) is 1. The minimum absolute atomic E-state index is 0.0543. The molecular formula is C22H16ClN5O2. The van der Waals surface area contributed by atoms with Gasteiger partial charge in [0.15, 0.2) is 0 Å². The molecule has 5 rings (SSSR count). The van der Waals surface area contributed by atoms with E-state index >= 15 is 0 Å². The van der Waals surface area contributed by atoms with E-state index in [-0.39, 0.29) is 29.8 Å². The Kier molecular flexibility index (Phi) is 3.88. The Balaban J connectivity index is 1.80. The number of hydrogen-bond donors (Lipinski definition) is 2. The second-order valence-electron chi connectivity index (χ2n) is 7.23. The average molecular weight is 418 g/mol. The first-order valence-corrected chi connectivity index (χ1v) is 9.66. The van der Waals surface area contributed by atoms with E-state index in [1.165, 1.54) is 0 Å². The van der Waals surface area contributed by atoms with Gasteiger partial charge in [0, 0.05) is 22.0 Å². The third-order valence-corrected chi connectivity index (χ3v) is 6.05. The fourth-order valence-electron chi connectivity index (χ4n) is 4.42. The standard InChI is InChI=1S/C22H16ClN5O2/c1-12-18-20(27-26-12)30-19(25)15(10-24)22(18)14-7-3-5-9-17(14)28(21(22)29)11-13-6-2-4-8-16(13)23/h2-9H,11,25H2,1H3,(H,26,27)/t22-/m0/s1. The van der Waals surface area contributed by atoms with Gasteiger partial charge in [-0.3, -0.25) is 9.89 Å². The van der Waals surface area contributed by atoms with Crippen LogP contribution < -0.4 is 15.4 Å². The largest absolute Gasteiger partial charge is 0.420 e. The summed E-state index contributed by atoms with van der Waals surface area (Å²) in [6, 6.07) is 16.9. The van der Waals surface area contributed by atoms with Gasteiger partial charge >= 0.3 is 0 Å². The fourth-order valence-corrected chi connectivity index (χ4v) is 4.61. The smallest absolute Gasteiger partial charge is 0.248 e. The number of aromatic amines is 1. The molecule has 7 nitrogen and oxygen atoms in total. The number of nitrogens with zero attached hydrogens (tertiary/aromatic N) is 3. The van der Waals surface area contributed by atoms with Crippen LogP contribution in [0.5, 0.6) is 5.88 Å². The van der Waals surface area contributed by atoms with Crippen molar-refractivity contribution < 1.29 is 9.53 Å². The number of H-pyrrole nitrogens is 1. The zero-order valence-corrected chi connectivity index (χ0v) is 16.7. The van der Waals surface area contributed by atoms with Gasteiger partial charge in [-0.2, -0.15) is 5.26 Å². The van der Waals surface area contributed by atoms with E-state index in [9.17, 15) is 10.1 Å². The molecule has 2 aliphatic rings. The summed E-state index contributed by atoms with van der Waals surface area (Å²) in [5.41, 5.74) is 8.01. The highest BCUT2D eigenvalue weighted by atomic mass is 35.5. The van der Waals surface area contributed by atoms with E-state index in [2.05, 4.69) is 16.3 Å². The van der Waals surface area contributed by atoms with Crippen LogP contribution in [-0.4, -0.2) is 16.1 Å². The maximum atomic E-state index is 14.1. The van der Waals surface area contributed by atoms with Crippen LogP contribution in [0.1, 0.15) is 22.4 Å². The van der Waals surface area contributed by atoms with Crippen molar-refractivity contribution in [1.29, 1.82) is 5.26 Å². The van der Waals surface area contributed by atoms with Crippen molar-refractivity contribution in [2.24, 2.45) is 5.73 Å². The van der Waals surface area contributed by atoms with Gasteiger partial charge in [-0.25, -0.2) is 0 Å². The number of anilines is 1. The lowest BCUT2D eigenvalue weighted by molar-refractivity contribution is -0.121. The van der Waals surface area contributed by atoms with Gasteiger partial charge in [-0.15, -0.1) is 5.10 Å². The van der Waals surface area contributed by atoms with E-state index in [1.54, 1.807) is 17.9 Å². The van der Waals surface area contributed by atoms with E-state index in [0.29, 0.717) is 27.5 Å². The van der Waals surface area contributed by atoms with Crippen LogP contribution in [0.25, 0.3) is 0 Å². The number of halogens is 1. The van der Waals surface area contributed by atoms with Crippen LogP contribution in [0.4, 0.5) is 5.69 Å². The first kappa shape index (κ1) is 18.3. The minimum Gasteiger partial charge on any atom is -0.420 e. The molecule has 8 heteroatoms. The van der Waals surface area contributed by atoms with Gasteiger partial charge < -0.3 is 15.4 Å². The fraction of sp³-hybridized carbons (Fsp3) is 0.136. The first-order valence-electron chi connectivity index (χ1n) is 9.28. The molecule has 3 heterocycles. The maximum Gasteiger partial charge on any atom is 0.248 e. The van der Waals surface area contributed by atoms with Crippen LogP contribution in [-0.2, 0) is 16.8 Å². The topological polar surface area (TPSA) is 108 Å². The molecule has 3 N–H and O–H groups in total. The summed E-state index contributed by atoms with van der Waals surface area (Å²) >= 11 is 6.37. The molecule has 3 aromatic rings. The predicted octanol–water partition coefficient (Wildman–Crippen LogP) is 3.29. The van der Waals surface area contributed by atoms with Crippen LogP contribution >= 0.6 is 11.6 Å². The molecule has 0 fully saturated rings. The summed E-state index contributed by atoms with van der Waals surface area (Å²) in [5.74, 6) is -0.219. The SMILES string of the molecule is Cc1[nH]nc2c1[C@@]1(C(=O)N(Cc3ccccc3Cl)c3ccccc31)C(C#N)=C(N)O2. The summed E-state index contributed by atoms with van der Waals surface area (Å²) in [5, 5.41) is 17.6. The number of fused-ring (bicyclic) bond motifs is 4. The van der Waals surface area contributed by atoms with Gasteiger partial charge in [-0.05, 0) is 24.6 Å². The Morgan fingerprint density at radius 2 is 2.00 bits per heavy atom. The molecule has 30 heavy (non-hydrogen) atoms. The Hall–Kier alpha value is -3.76. The molecule has 0 bridgehead atoms. The van der Waals surface area contributed by atoms with Crippen LogP contribution in [0.15, 0.2) is 60.0 Å². The van der Waals surface area contributed by atoms with Crippen molar-refractivity contribution in [1.82, 2.24) is 10.2 Å². The number of benzene rings is 2. The van der Waals surface area contributed by atoms with E-state index in [0.717, 1.165) is 5.56 Å². The summed E-state index contributed by atoms with van der Waals surface area (Å²) < 4.78 is 5.58. The number of aryl methyl sites for hydroxylation is 1. The second-order valence-corrected chi connectivity index (χ2v) is 7.64. The number of amides is 1. The molecule has 0 radical (unpaired) electrons. The van der Waals surface area contributed by atoms with Crippen LogP contribution in [0.3, 0.4) is 0 Å². The number of nitriles is 1. The molecule has 2 aliphatic heterocycles. The third-order valence-electron chi connectivity index (χ3n) is 5.68. The summed E-state index contributed by atoms with van der Waals surface area (Å²) in [6.07, 6.45) is 0.